The summed E-state index contributed by atoms with van der Waals surface area (Å²) in [7, 11) is 0. The first-order chi connectivity index (χ1) is 9.01. The molecule has 0 saturated heterocycles. The molecule has 0 aliphatic carbocycles. The number of hydrogen-bond acceptors (Lipinski definition) is 3. The second-order valence-corrected chi connectivity index (χ2v) is 4.05. The number of carbonyl (C=O) groups excluding carboxylic acids is 1. The molecule has 5 nitrogen and oxygen atoms in total. The maximum Gasteiger partial charge on any atom is 0.331 e. The minimum absolute atomic E-state index is 0.267. The monoisotopic (exact) mass is 265 g/mol. The molecular formula is C14H19NO4. The zero-order valence-electron chi connectivity index (χ0n) is 11.4. The molecule has 0 aliphatic heterocycles. The first-order valence-corrected chi connectivity index (χ1v) is 6.24. The summed E-state index contributed by atoms with van der Waals surface area (Å²) >= 11 is 0. The molecule has 1 unspecified atom stereocenters. The van der Waals surface area contributed by atoms with E-state index in [4.69, 9.17) is 4.74 Å². The number of ether oxygens (including phenoxy) is 1. The van der Waals surface area contributed by atoms with Gasteiger partial charge in [-0.25, -0.2) is 4.79 Å². The van der Waals surface area contributed by atoms with Gasteiger partial charge in [-0.2, -0.15) is 0 Å². The minimum Gasteiger partial charge on any atom is -0.494 e. The van der Waals surface area contributed by atoms with E-state index in [1.165, 1.54) is 11.8 Å². The third kappa shape index (κ3) is 3.71. The Kier molecular flexibility index (Phi) is 5.36. The van der Waals surface area contributed by atoms with Crippen LogP contribution in [-0.2, 0) is 9.59 Å². The summed E-state index contributed by atoms with van der Waals surface area (Å²) in [5.74, 6) is -0.715. The molecular weight excluding hydrogens is 246 g/mol. The van der Waals surface area contributed by atoms with Crippen molar-refractivity contribution in [3.63, 3.8) is 0 Å². The fraction of sp³-hybridized carbons (Fsp3) is 0.429. The summed E-state index contributed by atoms with van der Waals surface area (Å²) in [5, 5.41) is 9.36. The van der Waals surface area contributed by atoms with Gasteiger partial charge in [0, 0.05) is 13.5 Å². The Labute approximate surface area is 112 Å². The quantitative estimate of drug-likeness (QED) is 0.855. The van der Waals surface area contributed by atoms with E-state index in [0.717, 1.165) is 0 Å². The van der Waals surface area contributed by atoms with E-state index in [2.05, 4.69) is 0 Å². The fourth-order valence-corrected chi connectivity index (χ4v) is 1.98. The van der Waals surface area contributed by atoms with Gasteiger partial charge in [0.05, 0.1) is 6.61 Å². The van der Waals surface area contributed by atoms with Crippen LogP contribution in [0.5, 0.6) is 5.75 Å². The molecule has 104 valence electrons. The molecule has 0 heterocycles. The highest BCUT2D eigenvalue weighted by atomic mass is 16.5. The average Bonchev–Trinajstić information content (AvgIpc) is 2.35. The summed E-state index contributed by atoms with van der Waals surface area (Å²) in [6, 6.07) is 5.85. The third-order valence-electron chi connectivity index (χ3n) is 2.78. The van der Waals surface area contributed by atoms with Gasteiger partial charge in [0.1, 0.15) is 5.75 Å². The number of likely N-dealkylation sites (N-methyl/N-ethyl adjacent to an activating group) is 1. The molecule has 0 saturated carbocycles. The van der Waals surface area contributed by atoms with Crippen LogP contribution >= 0.6 is 0 Å². The lowest BCUT2D eigenvalue weighted by atomic mass is 10.0. The number of hydrogen-bond donors (Lipinski definition) is 1. The fourth-order valence-electron chi connectivity index (χ4n) is 1.98. The molecule has 5 heteroatoms. The molecule has 0 fully saturated rings. The van der Waals surface area contributed by atoms with Crippen LogP contribution in [0.25, 0.3) is 0 Å². The van der Waals surface area contributed by atoms with E-state index in [-0.39, 0.29) is 5.91 Å². The van der Waals surface area contributed by atoms with Crippen molar-refractivity contribution < 1.29 is 19.4 Å². The van der Waals surface area contributed by atoms with Crippen LogP contribution < -0.4 is 4.74 Å². The molecule has 1 aromatic rings. The Morgan fingerprint density at radius 1 is 1.37 bits per heavy atom. The van der Waals surface area contributed by atoms with E-state index in [1.54, 1.807) is 31.2 Å². The highest BCUT2D eigenvalue weighted by molar-refractivity contribution is 5.83. The summed E-state index contributed by atoms with van der Waals surface area (Å²) in [5.41, 5.74) is 0.538. The molecule has 1 N–H and O–H groups in total. The Morgan fingerprint density at radius 3 is 2.53 bits per heavy atom. The van der Waals surface area contributed by atoms with Gasteiger partial charge >= 0.3 is 5.97 Å². The highest BCUT2D eigenvalue weighted by Gasteiger charge is 2.28. The predicted octanol–water partition coefficient (Wildman–Crippen LogP) is 2.08. The van der Waals surface area contributed by atoms with Crippen molar-refractivity contribution in [3.05, 3.63) is 29.8 Å². The van der Waals surface area contributed by atoms with Crippen molar-refractivity contribution in [2.45, 2.75) is 26.8 Å². The zero-order chi connectivity index (χ0) is 14.4. The molecule has 1 aromatic carbocycles. The van der Waals surface area contributed by atoms with Gasteiger partial charge in [0.15, 0.2) is 6.04 Å². The van der Waals surface area contributed by atoms with E-state index < -0.39 is 12.0 Å². The summed E-state index contributed by atoms with van der Waals surface area (Å²) < 4.78 is 5.35. The lowest BCUT2D eigenvalue weighted by Crippen LogP contribution is -2.37. The van der Waals surface area contributed by atoms with Crippen molar-refractivity contribution in [3.8, 4) is 5.75 Å². The van der Waals surface area contributed by atoms with Crippen LogP contribution in [-0.4, -0.2) is 35.0 Å². The molecule has 1 amide bonds. The van der Waals surface area contributed by atoms with Crippen LogP contribution in [0.3, 0.4) is 0 Å². The first-order valence-electron chi connectivity index (χ1n) is 6.24. The van der Waals surface area contributed by atoms with Crippen LogP contribution in [0.1, 0.15) is 32.4 Å². The van der Waals surface area contributed by atoms with Crippen LogP contribution in [0, 0.1) is 0 Å². The lowest BCUT2D eigenvalue weighted by Gasteiger charge is -2.27. The number of benzene rings is 1. The van der Waals surface area contributed by atoms with Crippen molar-refractivity contribution in [2.24, 2.45) is 0 Å². The second-order valence-electron chi connectivity index (χ2n) is 4.05. The first kappa shape index (κ1) is 15.0. The van der Waals surface area contributed by atoms with Gasteiger partial charge in [-0.15, -0.1) is 0 Å². The third-order valence-corrected chi connectivity index (χ3v) is 2.78. The molecule has 1 rings (SSSR count). The molecule has 1 atom stereocenters. The largest absolute Gasteiger partial charge is 0.494 e. The zero-order valence-corrected chi connectivity index (χ0v) is 11.4. The van der Waals surface area contributed by atoms with Crippen molar-refractivity contribution in [2.75, 3.05) is 13.2 Å². The molecule has 0 bridgehead atoms. The van der Waals surface area contributed by atoms with Crippen molar-refractivity contribution in [1.82, 2.24) is 4.90 Å². The van der Waals surface area contributed by atoms with Crippen LogP contribution in [0.4, 0.5) is 0 Å². The molecule has 19 heavy (non-hydrogen) atoms. The van der Waals surface area contributed by atoms with Gasteiger partial charge in [-0.1, -0.05) is 12.1 Å². The number of carboxylic acids is 1. The van der Waals surface area contributed by atoms with Gasteiger partial charge in [-0.3, -0.25) is 4.79 Å². The molecule has 0 aromatic heterocycles. The van der Waals surface area contributed by atoms with Crippen molar-refractivity contribution >= 4 is 11.9 Å². The number of carbonyl (C=O) groups is 2. The number of carboxylic acid groups (broad SMARTS) is 1. The minimum atomic E-state index is -1.05. The number of aliphatic carboxylic acids is 1. The average molecular weight is 265 g/mol. The molecule has 0 aliphatic rings. The Balaban J connectivity index is 3.15. The number of amides is 1. The normalized spacial score (nSPS) is 11.7. The Morgan fingerprint density at radius 2 is 2.05 bits per heavy atom. The smallest absolute Gasteiger partial charge is 0.331 e. The maximum atomic E-state index is 11.5. The number of nitrogens with zero attached hydrogens (tertiary/aromatic N) is 1. The van der Waals surface area contributed by atoms with E-state index in [0.29, 0.717) is 24.5 Å². The summed E-state index contributed by atoms with van der Waals surface area (Å²) in [6.07, 6.45) is 0. The maximum absolute atomic E-state index is 11.5. The SMILES string of the molecule is CCOc1cccc(C(C(=O)O)N(CC)C(C)=O)c1. The van der Waals surface area contributed by atoms with E-state index >= 15 is 0 Å². The lowest BCUT2D eigenvalue weighted by molar-refractivity contribution is -0.149. The van der Waals surface area contributed by atoms with Crippen LogP contribution in [0.15, 0.2) is 24.3 Å². The number of rotatable bonds is 6. The summed E-state index contributed by atoms with van der Waals surface area (Å²) in [4.78, 5) is 24.3. The molecule has 0 radical (unpaired) electrons. The van der Waals surface area contributed by atoms with Crippen LogP contribution in [0.2, 0.25) is 0 Å². The Hall–Kier alpha value is -2.04. The van der Waals surface area contributed by atoms with Gasteiger partial charge in [0.2, 0.25) is 5.91 Å². The van der Waals surface area contributed by atoms with Gasteiger partial charge in [-0.05, 0) is 31.5 Å². The highest BCUT2D eigenvalue weighted by Crippen LogP contribution is 2.25. The topological polar surface area (TPSA) is 66.8 Å². The molecule has 0 spiro atoms. The van der Waals surface area contributed by atoms with Gasteiger partial charge in [0.25, 0.3) is 0 Å². The van der Waals surface area contributed by atoms with E-state index in [1.807, 2.05) is 6.92 Å². The summed E-state index contributed by atoms with van der Waals surface area (Å²) in [6.45, 7) is 5.82. The standard InChI is InChI=1S/C14H19NO4/c1-4-15(10(3)16)13(14(17)18)11-7-6-8-12(9-11)19-5-2/h6-9,13H,4-5H2,1-3H3,(H,17,18). The predicted molar refractivity (Wildman–Crippen MR) is 71.0 cm³/mol. The van der Waals surface area contributed by atoms with E-state index in [9.17, 15) is 14.7 Å². The Bertz CT molecular complexity index is 459. The second kappa shape index (κ2) is 6.78. The van der Waals surface area contributed by atoms with Crippen molar-refractivity contribution in [1.29, 1.82) is 0 Å². The van der Waals surface area contributed by atoms with Gasteiger partial charge < -0.3 is 14.7 Å².